The van der Waals surface area contributed by atoms with E-state index in [4.69, 9.17) is 0 Å². The molecule has 3 nitrogen and oxygen atoms in total. The molecule has 1 aromatic heterocycles. The summed E-state index contributed by atoms with van der Waals surface area (Å²) in [6.07, 6.45) is 8.89. The van der Waals surface area contributed by atoms with Crippen LogP contribution < -0.4 is 4.73 Å². The van der Waals surface area contributed by atoms with Crippen LogP contribution in [0.1, 0.15) is 45.4 Å². The van der Waals surface area contributed by atoms with Gasteiger partial charge in [-0.2, -0.15) is 4.73 Å². The minimum absolute atomic E-state index is 0.0658. The summed E-state index contributed by atoms with van der Waals surface area (Å²) >= 11 is 1.43. The van der Waals surface area contributed by atoms with Crippen molar-refractivity contribution in [2.24, 2.45) is 23.2 Å². The molecule has 22 heavy (non-hydrogen) atoms. The van der Waals surface area contributed by atoms with Gasteiger partial charge < -0.3 is 5.21 Å². The highest BCUT2D eigenvalue weighted by Crippen LogP contribution is 2.61. The lowest BCUT2D eigenvalue weighted by atomic mass is 9.48. The first kappa shape index (κ1) is 14.6. The fourth-order valence-corrected chi connectivity index (χ4v) is 6.62. The summed E-state index contributed by atoms with van der Waals surface area (Å²) in [6.45, 7) is 1.98. The van der Waals surface area contributed by atoms with Crippen molar-refractivity contribution in [2.45, 2.75) is 55.7 Å². The Bertz CT molecular complexity index is 565. The van der Waals surface area contributed by atoms with Crippen molar-refractivity contribution >= 4 is 17.5 Å². The minimum Gasteiger partial charge on any atom is -0.618 e. The van der Waals surface area contributed by atoms with E-state index in [1.165, 1.54) is 37.2 Å². The fraction of sp³-hybridized carbons (Fsp3) is 0.667. The van der Waals surface area contributed by atoms with Gasteiger partial charge in [-0.25, -0.2) is 0 Å². The molecule has 4 aliphatic carbocycles. The van der Waals surface area contributed by atoms with Crippen molar-refractivity contribution in [1.29, 1.82) is 0 Å². The Morgan fingerprint density at radius 2 is 1.82 bits per heavy atom. The lowest BCUT2D eigenvalue weighted by Crippen LogP contribution is -2.52. The third-order valence-electron chi connectivity index (χ3n) is 6.02. The van der Waals surface area contributed by atoms with Gasteiger partial charge in [0.2, 0.25) is 0 Å². The Kier molecular flexibility index (Phi) is 3.48. The normalized spacial score (nSPS) is 37.2. The SMILES string of the molecule is C[C@H](Sc1cccc[n+]1[O-])C(=O)C12CC3CC(CC(C3)C1)C2. The third-order valence-corrected chi connectivity index (χ3v) is 7.14. The zero-order valence-electron chi connectivity index (χ0n) is 13.0. The molecule has 118 valence electrons. The zero-order chi connectivity index (χ0) is 15.3. The van der Waals surface area contributed by atoms with E-state index in [0.29, 0.717) is 10.8 Å². The maximum absolute atomic E-state index is 13.2. The first-order valence-corrected chi connectivity index (χ1v) is 9.33. The van der Waals surface area contributed by atoms with E-state index in [2.05, 4.69) is 0 Å². The van der Waals surface area contributed by atoms with Crippen LogP contribution >= 0.6 is 11.8 Å². The van der Waals surface area contributed by atoms with E-state index < -0.39 is 0 Å². The Labute approximate surface area is 136 Å². The smallest absolute Gasteiger partial charge is 0.252 e. The van der Waals surface area contributed by atoms with Crippen LogP contribution in [-0.4, -0.2) is 11.0 Å². The first-order valence-electron chi connectivity index (χ1n) is 8.45. The number of ketones is 1. The van der Waals surface area contributed by atoms with Crippen LogP contribution in [0.25, 0.3) is 0 Å². The van der Waals surface area contributed by atoms with Crippen molar-refractivity contribution in [3.63, 3.8) is 0 Å². The van der Waals surface area contributed by atoms with Crippen LogP contribution in [0.2, 0.25) is 0 Å². The molecule has 0 unspecified atom stereocenters. The van der Waals surface area contributed by atoms with Gasteiger partial charge >= 0.3 is 0 Å². The molecule has 4 heteroatoms. The lowest BCUT2D eigenvalue weighted by Gasteiger charge is -2.56. The van der Waals surface area contributed by atoms with Gasteiger partial charge in [0.05, 0.1) is 5.25 Å². The van der Waals surface area contributed by atoms with E-state index in [1.807, 2.05) is 13.0 Å². The Hall–Kier alpha value is -1.03. The molecule has 1 aromatic rings. The standard InChI is InChI=1S/C18H23NO2S/c1-12(22-16-4-2-3-5-19(16)21)17(20)18-9-13-6-14(10-18)8-15(7-13)11-18/h2-5,12-15H,6-11H2,1H3/t12-,13?,14?,15?,18?/m0/s1. The molecule has 4 aliphatic rings. The number of carbonyl (C=O) groups excluding carboxylic acids is 1. The number of hydrogen-bond acceptors (Lipinski definition) is 3. The summed E-state index contributed by atoms with van der Waals surface area (Å²) in [6, 6.07) is 5.39. The molecule has 4 bridgehead atoms. The predicted molar refractivity (Wildman–Crippen MR) is 86.3 cm³/mol. The summed E-state index contributed by atoms with van der Waals surface area (Å²) in [5.74, 6) is 2.76. The molecule has 5 rings (SSSR count). The number of nitrogens with zero attached hydrogens (tertiary/aromatic N) is 1. The minimum atomic E-state index is -0.126. The van der Waals surface area contributed by atoms with E-state index >= 15 is 0 Å². The van der Waals surface area contributed by atoms with E-state index in [9.17, 15) is 10.0 Å². The van der Waals surface area contributed by atoms with Crippen molar-refractivity contribution in [1.82, 2.24) is 0 Å². The second-order valence-electron chi connectivity index (χ2n) is 7.69. The van der Waals surface area contributed by atoms with Gasteiger partial charge in [-0.3, -0.25) is 4.79 Å². The van der Waals surface area contributed by atoms with E-state index in [1.54, 1.807) is 12.1 Å². The largest absolute Gasteiger partial charge is 0.618 e. The van der Waals surface area contributed by atoms with Crippen LogP contribution in [0.4, 0.5) is 0 Å². The highest BCUT2D eigenvalue weighted by atomic mass is 32.2. The molecule has 4 fully saturated rings. The fourth-order valence-electron chi connectivity index (χ4n) is 5.58. The predicted octanol–water partition coefficient (Wildman–Crippen LogP) is 3.59. The number of Topliss-reactive ketones (excluding diaryl/α,β-unsaturated/α-hetero) is 1. The highest BCUT2D eigenvalue weighted by Gasteiger charge is 2.55. The Morgan fingerprint density at radius 1 is 1.23 bits per heavy atom. The molecular weight excluding hydrogens is 294 g/mol. The molecule has 0 radical (unpaired) electrons. The highest BCUT2D eigenvalue weighted by molar-refractivity contribution is 8.00. The van der Waals surface area contributed by atoms with Gasteiger partial charge in [0.1, 0.15) is 0 Å². The molecule has 0 amide bonds. The van der Waals surface area contributed by atoms with Gasteiger partial charge in [0, 0.05) is 17.5 Å². The van der Waals surface area contributed by atoms with Gasteiger partial charge in [-0.1, -0.05) is 0 Å². The maximum Gasteiger partial charge on any atom is 0.252 e. The number of thioether (sulfide) groups is 1. The molecule has 0 saturated heterocycles. The van der Waals surface area contributed by atoms with Crippen molar-refractivity contribution in [3.8, 4) is 0 Å². The van der Waals surface area contributed by atoms with Crippen molar-refractivity contribution in [3.05, 3.63) is 29.6 Å². The molecule has 4 saturated carbocycles. The molecule has 0 aromatic carbocycles. The van der Waals surface area contributed by atoms with Crippen molar-refractivity contribution < 1.29 is 9.52 Å². The van der Waals surface area contributed by atoms with Gasteiger partial charge in [0.25, 0.3) is 5.03 Å². The molecule has 1 atom stereocenters. The average molecular weight is 317 g/mol. The first-order chi connectivity index (χ1) is 10.6. The van der Waals surface area contributed by atoms with Crippen molar-refractivity contribution in [2.75, 3.05) is 0 Å². The Morgan fingerprint density at radius 3 is 2.36 bits per heavy atom. The number of aromatic nitrogens is 1. The summed E-state index contributed by atoms with van der Waals surface area (Å²) in [7, 11) is 0. The summed E-state index contributed by atoms with van der Waals surface area (Å²) in [5, 5.41) is 12.3. The van der Waals surface area contributed by atoms with Crippen LogP contribution in [0, 0.1) is 28.4 Å². The third kappa shape index (κ3) is 2.36. The maximum atomic E-state index is 13.2. The number of carbonyl (C=O) groups is 1. The number of pyridine rings is 1. The molecule has 0 aliphatic heterocycles. The topological polar surface area (TPSA) is 44.0 Å². The van der Waals surface area contributed by atoms with Crippen LogP contribution in [0.5, 0.6) is 0 Å². The van der Waals surface area contributed by atoms with Crippen LogP contribution in [0.15, 0.2) is 29.4 Å². The molecule has 0 spiro atoms. The monoisotopic (exact) mass is 317 g/mol. The molecule has 1 heterocycles. The average Bonchev–Trinajstić information content (AvgIpc) is 2.47. The van der Waals surface area contributed by atoms with Gasteiger partial charge in [-0.05, 0) is 81.0 Å². The van der Waals surface area contributed by atoms with Gasteiger partial charge in [-0.15, -0.1) is 0 Å². The second kappa shape index (κ2) is 5.26. The zero-order valence-corrected chi connectivity index (χ0v) is 13.8. The molecule has 0 N–H and O–H groups in total. The van der Waals surface area contributed by atoms with Crippen LogP contribution in [-0.2, 0) is 4.79 Å². The number of rotatable bonds is 4. The second-order valence-corrected chi connectivity index (χ2v) is 9.05. The summed E-state index contributed by atoms with van der Waals surface area (Å²) in [5.41, 5.74) is -0.0658. The summed E-state index contributed by atoms with van der Waals surface area (Å²) in [4.78, 5) is 13.2. The summed E-state index contributed by atoms with van der Waals surface area (Å²) < 4.78 is 0.869. The quantitative estimate of drug-likeness (QED) is 0.484. The number of hydrogen-bond donors (Lipinski definition) is 0. The Balaban J connectivity index is 1.53. The van der Waals surface area contributed by atoms with Gasteiger partial charge in [0.15, 0.2) is 12.0 Å². The van der Waals surface area contributed by atoms with E-state index in [0.717, 1.165) is 41.7 Å². The lowest BCUT2D eigenvalue weighted by molar-refractivity contribution is -0.645. The van der Waals surface area contributed by atoms with E-state index in [-0.39, 0.29) is 10.7 Å². The van der Waals surface area contributed by atoms with Crippen LogP contribution in [0.3, 0.4) is 0 Å². The molecular formula is C18H23NO2S.